The lowest BCUT2D eigenvalue weighted by Gasteiger charge is -2.60. The molecule has 2 saturated heterocycles. The lowest BCUT2D eigenvalue weighted by molar-refractivity contribution is -0.203. The van der Waals surface area contributed by atoms with Crippen LogP contribution in [0.1, 0.15) is 72.1 Å². The Bertz CT molecular complexity index is 973. The largest absolute Gasteiger partial charge is 0.458 e. The van der Waals surface area contributed by atoms with Gasteiger partial charge in [-0.05, 0) is 80.5 Å². The molecule has 7 rings (SSSR count). The quantitative estimate of drug-likeness (QED) is 0.478. The number of Topliss-reactive ketones (excluding diaryl/α,β-unsaturated/α-hetero) is 1. The smallest absolute Gasteiger partial charge is 0.336 e. The first-order valence-corrected chi connectivity index (χ1v) is 13.3. The van der Waals surface area contributed by atoms with E-state index in [1.807, 2.05) is 6.92 Å². The summed E-state index contributed by atoms with van der Waals surface area (Å²) in [7, 11) is 0. The van der Waals surface area contributed by atoms with Crippen molar-refractivity contribution in [1.82, 2.24) is 0 Å². The fourth-order valence-electron chi connectivity index (χ4n) is 10.9. The summed E-state index contributed by atoms with van der Waals surface area (Å²) in [5.41, 5.74) is -0.431. The molecule has 0 unspecified atom stereocenters. The molecule has 180 valence electrons. The van der Waals surface area contributed by atoms with Crippen molar-refractivity contribution in [2.45, 2.75) is 89.9 Å². The molecule has 0 aromatic heterocycles. The number of hydrogen-bond donors (Lipinski definition) is 1. The molecule has 33 heavy (non-hydrogen) atoms. The number of carbonyl (C=O) groups excluding carboxylic acids is 2. The van der Waals surface area contributed by atoms with Crippen molar-refractivity contribution in [2.24, 2.45) is 51.8 Å². The third kappa shape index (κ3) is 2.24. The van der Waals surface area contributed by atoms with Gasteiger partial charge >= 0.3 is 5.97 Å². The highest BCUT2D eigenvalue weighted by atomic mass is 16.6. The zero-order valence-corrected chi connectivity index (χ0v) is 20.3. The lowest BCUT2D eigenvalue weighted by atomic mass is 9.45. The molecule has 7 fully saturated rings. The Morgan fingerprint density at radius 1 is 1.00 bits per heavy atom. The van der Waals surface area contributed by atoms with Crippen LogP contribution in [0.15, 0.2) is 12.2 Å². The second-order valence-electron chi connectivity index (χ2n) is 13.5. The fraction of sp³-hybridized carbons (Fsp3) is 0.857. The van der Waals surface area contributed by atoms with Crippen LogP contribution >= 0.6 is 0 Å². The minimum atomic E-state index is -0.590. The molecule has 1 N–H and O–H groups in total. The van der Waals surface area contributed by atoms with Crippen molar-refractivity contribution < 1.29 is 24.2 Å². The summed E-state index contributed by atoms with van der Waals surface area (Å²) >= 11 is 0. The monoisotopic (exact) mass is 454 g/mol. The Kier molecular flexibility index (Phi) is 3.92. The molecule has 0 amide bonds. The number of aliphatic hydroxyl groups excluding tert-OH is 1. The number of carbonyl (C=O) groups is 2. The van der Waals surface area contributed by atoms with E-state index < -0.39 is 5.60 Å². The first-order chi connectivity index (χ1) is 15.6. The predicted octanol–water partition coefficient (Wildman–Crippen LogP) is 4.07. The van der Waals surface area contributed by atoms with Gasteiger partial charge in [0.15, 0.2) is 0 Å². The molecule has 2 aliphatic heterocycles. The highest BCUT2D eigenvalue weighted by Gasteiger charge is 2.80. The van der Waals surface area contributed by atoms with Gasteiger partial charge < -0.3 is 14.6 Å². The van der Waals surface area contributed by atoms with Gasteiger partial charge in [-0.2, -0.15) is 0 Å². The molecule has 1 spiro atoms. The summed E-state index contributed by atoms with van der Waals surface area (Å²) < 4.78 is 12.2. The van der Waals surface area contributed by atoms with E-state index in [9.17, 15) is 14.7 Å². The maximum atomic E-state index is 13.3. The van der Waals surface area contributed by atoms with Crippen molar-refractivity contribution in [3.05, 3.63) is 12.2 Å². The average molecular weight is 455 g/mol. The Balaban J connectivity index is 1.19. The molecule has 0 radical (unpaired) electrons. The number of ketones is 1. The molecule has 5 aliphatic carbocycles. The molecular formula is C28H38O5. The second kappa shape index (κ2) is 6.13. The Morgan fingerprint density at radius 3 is 2.48 bits per heavy atom. The van der Waals surface area contributed by atoms with Gasteiger partial charge in [-0.1, -0.05) is 20.4 Å². The van der Waals surface area contributed by atoms with Gasteiger partial charge in [0.2, 0.25) is 0 Å². The first kappa shape index (κ1) is 21.1. The van der Waals surface area contributed by atoms with Crippen molar-refractivity contribution in [1.29, 1.82) is 0 Å². The van der Waals surface area contributed by atoms with Gasteiger partial charge in [-0.15, -0.1) is 0 Å². The van der Waals surface area contributed by atoms with Crippen molar-refractivity contribution in [2.75, 3.05) is 6.61 Å². The van der Waals surface area contributed by atoms with Crippen LogP contribution < -0.4 is 0 Å². The molecule has 0 aromatic carbocycles. The van der Waals surface area contributed by atoms with Crippen LogP contribution in [0.2, 0.25) is 0 Å². The summed E-state index contributed by atoms with van der Waals surface area (Å²) in [5, 5.41) is 11.4. The summed E-state index contributed by atoms with van der Waals surface area (Å²) in [4.78, 5) is 25.8. The second-order valence-corrected chi connectivity index (χ2v) is 13.5. The number of esters is 1. The normalized spacial score (nSPS) is 61.0. The van der Waals surface area contributed by atoms with E-state index in [0.717, 1.165) is 38.5 Å². The topological polar surface area (TPSA) is 72.8 Å². The number of fused-ring (bicyclic) bond motifs is 6. The van der Waals surface area contributed by atoms with Crippen LogP contribution in [-0.4, -0.2) is 41.3 Å². The third-order valence-corrected chi connectivity index (χ3v) is 12.8. The fourth-order valence-corrected chi connectivity index (χ4v) is 10.9. The Hall–Kier alpha value is -1.20. The van der Waals surface area contributed by atoms with Crippen LogP contribution in [0.5, 0.6) is 0 Å². The van der Waals surface area contributed by atoms with Gasteiger partial charge in [0.05, 0.1) is 18.3 Å². The average Bonchev–Trinajstić information content (AvgIpc) is 3.30. The van der Waals surface area contributed by atoms with Crippen LogP contribution in [0.25, 0.3) is 0 Å². The van der Waals surface area contributed by atoms with E-state index in [4.69, 9.17) is 9.47 Å². The highest BCUT2D eigenvalue weighted by molar-refractivity contribution is 5.91. The van der Waals surface area contributed by atoms with Crippen molar-refractivity contribution >= 4 is 11.8 Å². The van der Waals surface area contributed by atoms with Gasteiger partial charge in [-0.25, -0.2) is 4.79 Å². The predicted molar refractivity (Wildman–Crippen MR) is 121 cm³/mol. The van der Waals surface area contributed by atoms with E-state index >= 15 is 0 Å². The summed E-state index contributed by atoms with van der Waals surface area (Å²) in [6.45, 7) is 11.2. The number of rotatable bonds is 1. The number of hydrogen-bond acceptors (Lipinski definition) is 5. The maximum absolute atomic E-state index is 13.3. The lowest BCUT2D eigenvalue weighted by Crippen LogP contribution is -2.60. The zero-order chi connectivity index (χ0) is 23.1. The molecule has 12 atom stereocenters. The van der Waals surface area contributed by atoms with Gasteiger partial charge in [0, 0.05) is 29.6 Å². The zero-order valence-electron chi connectivity index (χ0n) is 20.3. The van der Waals surface area contributed by atoms with E-state index in [1.54, 1.807) is 0 Å². The third-order valence-electron chi connectivity index (χ3n) is 12.8. The minimum absolute atomic E-state index is 0.0959. The van der Waals surface area contributed by atoms with Crippen molar-refractivity contribution in [3.8, 4) is 0 Å². The minimum Gasteiger partial charge on any atom is -0.458 e. The summed E-state index contributed by atoms with van der Waals surface area (Å²) in [5.74, 6) is 2.60. The SMILES string of the molecule is C=C1C(=O)O[C@@H]2C[C@@]1(C)OC[C@H]2[C@H]1CC[C@H]2[C@@H]3C[C@@H](O)[C@]45C[C@H]4CC(=O)[C@]5(C)[C@H]3CC[C@]12C. The van der Waals surface area contributed by atoms with E-state index in [2.05, 4.69) is 20.4 Å². The van der Waals surface area contributed by atoms with Gasteiger partial charge in [-0.3, -0.25) is 4.79 Å². The van der Waals surface area contributed by atoms with Crippen LogP contribution in [-0.2, 0) is 19.1 Å². The van der Waals surface area contributed by atoms with Crippen LogP contribution in [0.3, 0.4) is 0 Å². The molecule has 2 heterocycles. The molecule has 0 aromatic rings. The summed E-state index contributed by atoms with van der Waals surface area (Å²) in [6.07, 6.45) is 7.39. The Labute approximate surface area is 196 Å². The molecule has 5 nitrogen and oxygen atoms in total. The van der Waals surface area contributed by atoms with Gasteiger partial charge in [0.25, 0.3) is 0 Å². The molecular weight excluding hydrogens is 416 g/mol. The van der Waals surface area contributed by atoms with Crippen LogP contribution in [0, 0.1) is 51.8 Å². The maximum Gasteiger partial charge on any atom is 0.336 e. The van der Waals surface area contributed by atoms with E-state index in [1.165, 1.54) is 0 Å². The molecule has 5 heteroatoms. The van der Waals surface area contributed by atoms with Crippen LogP contribution in [0.4, 0.5) is 0 Å². The Morgan fingerprint density at radius 2 is 1.73 bits per heavy atom. The van der Waals surface area contributed by atoms with Crippen molar-refractivity contribution in [3.63, 3.8) is 0 Å². The standard InChI is InChI=1S/C28H38O5/c1-14-24(31)33-21-12-26(14,3)32-13-17(21)19-6-5-18-16-10-23(30)28-11-15(28)9-22(29)27(28,4)20(16)7-8-25(18,19)2/h15-21,23,30H,1,5-13H2,2-4H3/t15-,16+,17+,18+,19-,20+,21-,23-,25+,26-,27+,28+/m1/s1. The van der Waals surface area contributed by atoms with Gasteiger partial charge in [0.1, 0.15) is 17.5 Å². The number of aliphatic hydroxyl groups is 1. The first-order valence-electron chi connectivity index (χ1n) is 13.3. The number of ether oxygens (including phenoxy) is 2. The highest BCUT2D eigenvalue weighted by Crippen LogP contribution is 2.80. The molecule has 5 saturated carbocycles. The summed E-state index contributed by atoms with van der Waals surface area (Å²) in [6, 6.07) is 0. The molecule has 2 bridgehead atoms. The molecule has 7 aliphatic rings. The van der Waals surface area contributed by atoms with E-state index in [-0.39, 0.29) is 40.3 Å². The van der Waals surface area contributed by atoms with E-state index in [0.29, 0.717) is 60.4 Å².